The first-order valence-electron chi connectivity index (χ1n) is 11.2. The molecular formula is C25H23N5O4. The highest BCUT2D eigenvalue weighted by Gasteiger charge is 2.45. The highest BCUT2D eigenvalue weighted by molar-refractivity contribution is 6.25. The molecule has 1 atom stereocenters. The summed E-state index contributed by atoms with van der Waals surface area (Å²) < 4.78 is 0. The van der Waals surface area contributed by atoms with Crippen LogP contribution in [0.4, 0.5) is 5.69 Å². The van der Waals surface area contributed by atoms with E-state index in [2.05, 4.69) is 26.4 Å². The summed E-state index contributed by atoms with van der Waals surface area (Å²) >= 11 is 0. The Balaban J connectivity index is 1.20. The number of rotatable bonds is 6. The van der Waals surface area contributed by atoms with Gasteiger partial charge in [0.05, 0.1) is 11.1 Å². The fourth-order valence-electron chi connectivity index (χ4n) is 4.71. The van der Waals surface area contributed by atoms with Gasteiger partial charge in [-0.25, -0.2) is 4.98 Å². The molecule has 9 nitrogen and oxygen atoms in total. The quantitative estimate of drug-likeness (QED) is 0.492. The van der Waals surface area contributed by atoms with E-state index in [4.69, 9.17) is 6.42 Å². The maximum atomic E-state index is 13.2. The second-order valence-electron chi connectivity index (χ2n) is 8.81. The molecule has 4 heterocycles. The number of fused-ring (bicyclic) bond motifs is 1. The molecule has 2 aromatic rings. The number of amides is 4. The van der Waals surface area contributed by atoms with E-state index in [0.717, 1.165) is 30.1 Å². The predicted molar refractivity (Wildman–Crippen MR) is 123 cm³/mol. The third-order valence-corrected chi connectivity index (χ3v) is 6.46. The van der Waals surface area contributed by atoms with Gasteiger partial charge in [-0.1, -0.05) is 18.1 Å². The largest absolute Gasteiger partial charge is 0.384 e. The molecule has 34 heavy (non-hydrogen) atoms. The highest BCUT2D eigenvalue weighted by atomic mass is 16.2. The van der Waals surface area contributed by atoms with Crippen molar-refractivity contribution >= 4 is 29.3 Å². The molecule has 2 saturated heterocycles. The van der Waals surface area contributed by atoms with E-state index in [1.165, 1.54) is 0 Å². The van der Waals surface area contributed by atoms with Crippen molar-refractivity contribution in [3.8, 4) is 12.3 Å². The van der Waals surface area contributed by atoms with Gasteiger partial charge in [-0.3, -0.25) is 34.3 Å². The maximum Gasteiger partial charge on any atom is 0.264 e. The van der Waals surface area contributed by atoms with Crippen molar-refractivity contribution in [2.75, 3.05) is 25.0 Å². The summed E-state index contributed by atoms with van der Waals surface area (Å²) in [5.41, 5.74) is 2.86. The van der Waals surface area contributed by atoms with E-state index in [0.29, 0.717) is 23.8 Å². The molecular weight excluding hydrogens is 434 g/mol. The first-order chi connectivity index (χ1) is 16.4. The lowest BCUT2D eigenvalue weighted by Gasteiger charge is -2.39. The minimum Gasteiger partial charge on any atom is -0.384 e. The SMILES string of the molecule is C#Cc1ccc(CN2CC(CNc3cccc4c3C(=O)N(C3CCC(=O)NC3=O)C4=O)C2)cn1. The average Bonchev–Trinajstić information content (AvgIpc) is 3.06. The average molecular weight is 457 g/mol. The molecule has 0 radical (unpaired) electrons. The van der Waals surface area contributed by atoms with E-state index < -0.39 is 29.7 Å². The van der Waals surface area contributed by atoms with Crippen LogP contribution in [0.15, 0.2) is 36.5 Å². The van der Waals surface area contributed by atoms with E-state index in [1.54, 1.807) is 24.4 Å². The zero-order chi connectivity index (χ0) is 23.8. The minimum absolute atomic E-state index is 0.0945. The van der Waals surface area contributed by atoms with Crippen molar-refractivity contribution in [2.45, 2.75) is 25.4 Å². The zero-order valence-electron chi connectivity index (χ0n) is 18.4. The molecule has 3 aliphatic rings. The normalized spacial score (nSPS) is 20.6. The van der Waals surface area contributed by atoms with Crippen molar-refractivity contribution < 1.29 is 19.2 Å². The van der Waals surface area contributed by atoms with Crippen LogP contribution in [0.3, 0.4) is 0 Å². The third kappa shape index (κ3) is 3.93. The van der Waals surface area contributed by atoms with Crippen molar-refractivity contribution in [1.82, 2.24) is 20.1 Å². The van der Waals surface area contributed by atoms with Gasteiger partial charge in [-0.15, -0.1) is 6.42 Å². The van der Waals surface area contributed by atoms with Crippen LogP contribution in [0.5, 0.6) is 0 Å². The van der Waals surface area contributed by atoms with Gasteiger partial charge >= 0.3 is 0 Å². The standard InChI is InChI=1S/C25H23N5O4/c1-2-17-7-6-15(10-26-17)12-29-13-16(14-29)11-27-19-5-3-4-18-22(19)25(34)30(24(18)33)20-8-9-21(31)28-23(20)32/h1,3-7,10,16,20,27H,8-9,11-14H2,(H,28,31,32). The van der Waals surface area contributed by atoms with E-state index in [-0.39, 0.29) is 24.0 Å². The molecule has 0 spiro atoms. The van der Waals surface area contributed by atoms with Gasteiger partial charge < -0.3 is 5.32 Å². The van der Waals surface area contributed by atoms with Crippen LogP contribution in [-0.2, 0) is 16.1 Å². The Morgan fingerprint density at radius 2 is 1.94 bits per heavy atom. The number of nitrogens with one attached hydrogen (secondary N) is 2. The van der Waals surface area contributed by atoms with Crippen LogP contribution in [0.2, 0.25) is 0 Å². The molecule has 4 amide bonds. The topological polar surface area (TPSA) is 112 Å². The molecule has 1 aromatic heterocycles. The van der Waals surface area contributed by atoms with Gasteiger partial charge in [-0.2, -0.15) is 0 Å². The minimum atomic E-state index is -0.970. The number of benzene rings is 1. The number of piperidine rings is 1. The summed E-state index contributed by atoms with van der Waals surface area (Å²) in [6.45, 7) is 3.24. The number of carbonyl (C=O) groups is 4. The fraction of sp³-hybridized carbons (Fsp3) is 0.320. The number of nitrogens with zero attached hydrogens (tertiary/aromatic N) is 3. The summed E-state index contributed by atoms with van der Waals surface area (Å²) in [6.07, 6.45) is 7.37. The molecule has 2 fully saturated rings. The summed E-state index contributed by atoms with van der Waals surface area (Å²) in [4.78, 5) is 57.3. The number of terminal acetylenes is 1. The summed E-state index contributed by atoms with van der Waals surface area (Å²) in [7, 11) is 0. The number of hydrogen-bond donors (Lipinski definition) is 2. The van der Waals surface area contributed by atoms with Crippen molar-refractivity contribution in [3.05, 3.63) is 58.9 Å². The number of anilines is 1. The van der Waals surface area contributed by atoms with Gasteiger partial charge in [0, 0.05) is 50.4 Å². The Hall–Kier alpha value is -4.03. The zero-order valence-corrected chi connectivity index (χ0v) is 18.4. The van der Waals surface area contributed by atoms with Crippen LogP contribution in [0.1, 0.15) is 44.8 Å². The molecule has 0 aliphatic carbocycles. The summed E-state index contributed by atoms with van der Waals surface area (Å²) in [5.74, 6) is 0.894. The van der Waals surface area contributed by atoms with Crippen LogP contribution < -0.4 is 10.6 Å². The molecule has 0 saturated carbocycles. The first kappa shape index (κ1) is 21.8. The Morgan fingerprint density at radius 3 is 2.65 bits per heavy atom. The number of hydrogen-bond acceptors (Lipinski definition) is 7. The van der Waals surface area contributed by atoms with Crippen LogP contribution in [0, 0.1) is 18.3 Å². The van der Waals surface area contributed by atoms with Gasteiger partial charge in [0.1, 0.15) is 11.7 Å². The Bertz CT molecular complexity index is 1230. The van der Waals surface area contributed by atoms with Crippen molar-refractivity contribution in [3.63, 3.8) is 0 Å². The molecule has 5 rings (SSSR count). The number of pyridine rings is 1. The monoisotopic (exact) mass is 457 g/mol. The van der Waals surface area contributed by atoms with Crippen molar-refractivity contribution in [2.24, 2.45) is 5.92 Å². The molecule has 1 aromatic carbocycles. The third-order valence-electron chi connectivity index (χ3n) is 6.46. The lowest BCUT2D eigenvalue weighted by Crippen LogP contribution is -2.54. The molecule has 9 heteroatoms. The van der Waals surface area contributed by atoms with Crippen molar-refractivity contribution in [1.29, 1.82) is 0 Å². The highest BCUT2D eigenvalue weighted by Crippen LogP contribution is 2.32. The van der Waals surface area contributed by atoms with Crippen LogP contribution in [0.25, 0.3) is 0 Å². The van der Waals surface area contributed by atoms with E-state index in [1.807, 2.05) is 12.1 Å². The molecule has 2 N–H and O–H groups in total. The van der Waals surface area contributed by atoms with Gasteiger partial charge in [-0.05, 0) is 30.2 Å². The fourth-order valence-corrected chi connectivity index (χ4v) is 4.71. The molecule has 3 aliphatic heterocycles. The Labute approximate surface area is 196 Å². The van der Waals surface area contributed by atoms with E-state index >= 15 is 0 Å². The predicted octanol–water partition coefficient (Wildman–Crippen LogP) is 1.01. The van der Waals surface area contributed by atoms with Crippen LogP contribution >= 0.6 is 0 Å². The summed E-state index contributed by atoms with van der Waals surface area (Å²) in [5, 5.41) is 5.54. The van der Waals surface area contributed by atoms with Gasteiger partial charge in [0.2, 0.25) is 11.8 Å². The smallest absolute Gasteiger partial charge is 0.264 e. The molecule has 0 bridgehead atoms. The van der Waals surface area contributed by atoms with Crippen LogP contribution in [-0.4, -0.2) is 64.1 Å². The molecule has 172 valence electrons. The first-order valence-corrected chi connectivity index (χ1v) is 11.2. The lowest BCUT2D eigenvalue weighted by atomic mass is 9.98. The second-order valence-corrected chi connectivity index (χ2v) is 8.81. The van der Waals surface area contributed by atoms with Gasteiger partial charge in [0.15, 0.2) is 0 Å². The second kappa shape index (κ2) is 8.72. The summed E-state index contributed by atoms with van der Waals surface area (Å²) in [6, 6.07) is 7.94. The van der Waals surface area contributed by atoms with Gasteiger partial charge in [0.25, 0.3) is 11.8 Å². The number of carbonyl (C=O) groups excluding carboxylic acids is 4. The number of imide groups is 2. The molecule has 1 unspecified atom stereocenters. The maximum absolute atomic E-state index is 13.2. The number of likely N-dealkylation sites (tertiary alicyclic amines) is 1. The Morgan fingerprint density at radius 1 is 1.12 bits per heavy atom. The number of aromatic nitrogens is 1. The van der Waals surface area contributed by atoms with E-state index in [9.17, 15) is 19.2 Å². The lowest BCUT2D eigenvalue weighted by molar-refractivity contribution is -0.136. The Kier molecular flexibility index (Phi) is 5.59.